The van der Waals surface area contributed by atoms with Crippen molar-refractivity contribution in [3.8, 4) is 0 Å². The predicted octanol–water partition coefficient (Wildman–Crippen LogP) is 2.04. The van der Waals surface area contributed by atoms with Gasteiger partial charge in [0.1, 0.15) is 4.21 Å². The van der Waals surface area contributed by atoms with Crippen LogP contribution in [-0.4, -0.2) is 14.3 Å². The summed E-state index contributed by atoms with van der Waals surface area (Å²) in [5.41, 5.74) is 1.75. The first-order chi connectivity index (χ1) is 9.06. The molecule has 1 aliphatic heterocycles. The number of benzene rings is 1. The Labute approximate surface area is 114 Å². The molecule has 2 heterocycles. The zero-order valence-corrected chi connectivity index (χ0v) is 11.3. The summed E-state index contributed by atoms with van der Waals surface area (Å²) in [7, 11) is -3.59. The maximum Gasteiger partial charge on any atom is 0.271 e. The number of thiophene rings is 1. The fourth-order valence-electron chi connectivity index (χ4n) is 1.95. The van der Waals surface area contributed by atoms with Gasteiger partial charge in [-0.3, -0.25) is 9.52 Å². The van der Waals surface area contributed by atoms with Crippen molar-refractivity contribution in [2.75, 3.05) is 10.0 Å². The Bertz CT molecular complexity index is 736. The highest BCUT2D eigenvalue weighted by Gasteiger charge is 2.23. The molecule has 1 aromatic heterocycles. The van der Waals surface area contributed by atoms with E-state index < -0.39 is 10.0 Å². The number of sulfonamides is 1. The van der Waals surface area contributed by atoms with Crippen molar-refractivity contribution in [3.05, 3.63) is 41.3 Å². The van der Waals surface area contributed by atoms with Crippen LogP contribution in [0.5, 0.6) is 0 Å². The molecule has 0 bridgehead atoms. The Balaban J connectivity index is 1.98. The molecule has 0 atom stereocenters. The number of nitrogens with one attached hydrogen (secondary N) is 2. The molecule has 7 heteroatoms. The lowest BCUT2D eigenvalue weighted by atomic mass is 10.1. The second-order valence-corrected chi connectivity index (χ2v) is 6.96. The largest absolute Gasteiger partial charge is 0.324 e. The summed E-state index contributed by atoms with van der Waals surface area (Å²) in [6, 6.07) is 8.38. The van der Waals surface area contributed by atoms with Crippen molar-refractivity contribution in [1.29, 1.82) is 0 Å². The van der Waals surface area contributed by atoms with Crippen LogP contribution in [-0.2, 0) is 21.2 Å². The van der Waals surface area contributed by atoms with Gasteiger partial charge in [-0.15, -0.1) is 11.3 Å². The molecular formula is C12H10N2O3S2. The average Bonchev–Trinajstić information content (AvgIpc) is 2.96. The van der Waals surface area contributed by atoms with E-state index in [9.17, 15) is 13.2 Å². The Kier molecular flexibility index (Phi) is 2.79. The van der Waals surface area contributed by atoms with Gasteiger partial charge in [0.2, 0.25) is 5.91 Å². The van der Waals surface area contributed by atoms with Gasteiger partial charge in [-0.25, -0.2) is 8.42 Å². The minimum Gasteiger partial charge on any atom is -0.324 e. The first kappa shape index (κ1) is 12.2. The molecule has 5 nitrogen and oxygen atoms in total. The fourth-order valence-corrected chi connectivity index (χ4v) is 4.01. The van der Waals surface area contributed by atoms with E-state index >= 15 is 0 Å². The number of amides is 1. The van der Waals surface area contributed by atoms with Gasteiger partial charge < -0.3 is 5.32 Å². The van der Waals surface area contributed by atoms with E-state index in [2.05, 4.69) is 10.0 Å². The molecule has 2 N–H and O–H groups in total. The van der Waals surface area contributed by atoms with Crippen LogP contribution in [0.2, 0.25) is 0 Å². The fraction of sp³-hybridized carbons (Fsp3) is 0.0833. The summed E-state index contributed by atoms with van der Waals surface area (Å²) in [4.78, 5) is 11.4. The zero-order valence-electron chi connectivity index (χ0n) is 9.71. The summed E-state index contributed by atoms with van der Waals surface area (Å²) in [6.07, 6.45) is 0.282. The maximum absolute atomic E-state index is 12.1. The second kappa shape index (κ2) is 4.36. The van der Waals surface area contributed by atoms with Gasteiger partial charge in [-0.2, -0.15) is 0 Å². The topological polar surface area (TPSA) is 75.3 Å². The lowest BCUT2D eigenvalue weighted by Crippen LogP contribution is -2.13. The third kappa shape index (κ3) is 2.22. The van der Waals surface area contributed by atoms with Crippen molar-refractivity contribution in [2.45, 2.75) is 10.6 Å². The molecule has 0 fully saturated rings. The molecule has 1 aliphatic rings. The Morgan fingerprint density at radius 3 is 2.79 bits per heavy atom. The van der Waals surface area contributed by atoms with E-state index in [-0.39, 0.29) is 16.5 Å². The van der Waals surface area contributed by atoms with Gasteiger partial charge in [-0.05, 0) is 23.1 Å². The van der Waals surface area contributed by atoms with Gasteiger partial charge in [0.25, 0.3) is 10.0 Å². The highest BCUT2D eigenvalue weighted by atomic mass is 32.2. The summed E-state index contributed by atoms with van der Waals surface area (Å²) in [5.74, 6) is -0.127. The lowest BCUT2D eigenvalue weighted by molar-refractivity contribution is -0.115. The van der Waals surface area contributed by atoms with E-state index in [0.29, 0.717) is 11.4 Å². The van der Waals surface area contributed by atoms with Crippen molar-refractivity contribution in [1.82, 2.24) is 0 Å². The second-order valence-electron chi connectivity index (χ2n) is 4.10. The lowest BCUT2D eigenvalue weighted by Gasteiger charge is -2.10. The Hall–Kier alpha value is -1.86. The quantitative estimate of drug-likeness (QED) is 0.909. The van der Waals surface area contributed by atoms with Crippen molar-refractivity contribution in [2.24, 2.45) is 0 Å². The van der Waals surface area contributed by atoms with Crippen LogP contribution in [0, 0.1) is 0 Å². The molecule has 0 saturated carbocycles. The first-order valence-electron chi connectivity index (χ1n) is 5.54. The molecular weight excluding hydrogens is 284 g/mol. The first-order valence-corrected chi connectivity index (χ1v) is 7.90. The molecule has 0 radical (unpaired) electrons. The van der Waals surface area contributed by atoms with Gasteiger partial charge in [0, 0.05) is 0 Å². The van der Waals surface area contributed by atoms with Gasteiger partial charge in [0.15, 0.2) is 0 Å². The van der Waals surface area contributed by atoms with Crippen LogP contribution in [0.25, 0.3) is 0 Å². The molecule has 1 aromatic carbocycles. The molecule has 2 aromatic rings. The Morgan fingerprint density at radius 2 is 2.05 bits per heavy atom. The maximum atomic E-state index is 12.1. The number of para-hydroxylation sites is 1. The van der Waals surface area contributed by atoms with Crippen LogP contribution < -0.4 is 10.0 Å². The SMILES string of the molecule is O=C1Cc2cccc(NS(=O)(=O)c3cccs3)c2N1. The smallest absolute Gasteiger partial charge is 0.271 e. The van der Waals surface area contributed by atoms with Crippen molar-refractivity contribution >= 4 is 38.6 Å². The van der Waals surface area contributed by atoms with Crippen LogP contribution in [0.3, 0.4) is 0 Å². The summed E-state index contributed by atoms with van der Waals surface area (Å²) in [6.45, 7) is 0. The molecule has 0 unspecified atom stereocenters. The van der Waals surface area contributed by atoms with E-state index in [1.807, 2.05) is 0 Å². The van der Waals surface area contributed by atoms with Crippen LogP contribution in [0.15, 0.2) is 39.9 Å². The van der Waals surface area contributed by atoms with E-state index in [1.54, 1.807) is 29.6 Å². The van der Waals surface area contributed by atoms with Gasteiger partial charge >= 0.3 is 0 Å². The minimum atomic E-state index is -3.59. The highest BCUT2D eigenvalue weighted by molar-refractivity contribution is 7.94. The highest BCUT2D eigenvalue weighted by Crippen LogP contribution is 2.33. The number of carbonyl (C=O) groups is 1. The van der Waals surface area contributed by atoms with Gasteiger partial charge in [0.05, 0.1) is 17.8 Å². The van der Waals surface area contributed by atoms with Crippen LogP contribution in [0.4, 0.5) is 11.4 Å². The molecule has 19 heavy (non-hydrogen) atoms. The number of hydrogen-bond donors (Lipinski definition) is 2. The van der Waals surface area contributed by atoms with E-state index in [4.69, 9.17) is 0 Å². The number of fused-ring (bicyclic) bond motifs is 1. The molecule has 3 rings (SSSR count). The van der Waals surface area contributed by atoms with Crippen LogP contribution >= 0.6 is 11.3 Å². The number of anilines is 2. The Morgan fingerprint density at radius 1 is 1.21 bits per heavy atom. The predicted molar refractivity (Wildman–Crippen MR) is 73.9 cm³/mol. The average molecular weight is 294 g/mol. The number of hydrogen-bond acceptors (Lipinski definition) is 4. The molecule has 0 saturated heterocycles. The van der Waals surface area contributed by atoms with Crippen molar-refractivity contribution in [3.63, 3.8) is 0 Å². The van der Waals surface area contributed by atoms with Crippen molar-refractivity contribution < 1.29 is 13.2 Å². The number of rotatable bonds is 3. The summed E-state index contributed by atoms with van der Waals surface area (Å²) < 4.78 is 27.0. The van der Waals surface area contributed by atoms with E-state index in [1.165, 1.54) is 6.07 Å². The molecule has 0 spiro atoms. The third-order valence-electron chi connectivity index (χ3n) is 2.77. The van der Waals surface area contributed by atoms with E-state index in [0.717, 1.165) is 16.9 Å². The third-order valence-corrected chi connectivity index (χ3v) is 5.53. The summed E-state index contributed by atoms with van der Waals surface area (Å²) in [5, 5.41) is 4.37. The molecule has 1 amide bonds. The minimum absolute atomic E-state index is 0.127. The normalized spacial score (nSPS) is 14.0. The zero-order chi connectivity index (χ0) is 13.5. The molecule has 98 valence electrons. The molecule has 0 aliphatic carbocycles. The van der Waals surface area contributed by atoms with Gasteiger partial charge in [-0.1, -0.05) is 18.2 Å². The number of carbonyl (C=O) groups excluding carboxylic acids is 1. The standard InChI is InChI=1S/C12H10N2O3S2/c15-10-7-8-3-1-4-9(12(8)13-10)14-19(16,17)11-5-2-6-18-11/h1-6,14H,7H2,(H,13,15). The summed E-state index contributed by atoms with van der Waals surface area (Å²) >= 11 is 1.15. The van der Waals surface area contributed by atoms with Crippen LogP contribution in [0.1, 0.15) is 5.56 Å². The monoisotopic (exact) mass is 294 g/mol.